The van der Waals surface area contributed by atoms with E-state index in [1.165, 1.54) is 31.4 Å². The Hall–Kier alpha value is -2.42. The Kier molecular flexibility index (Phi) is 5.33. The highest BCUT2D eigenvalue weighted by atomic mass is 19.1. The summed E-state index contributed by atoms with van der Waals surface area (Å²) in [6.45, 7) is 1.62. The lowest BCUT2D eigenvalue weighted by molar-refractivity contribution is -0.153. The number of ether oxygens (including phenoxy) is 1. The maximum absolute atomic E-state index is 13.7. The van der Waals surface area contributed by atoms with Crippen LogP contribution in [0, 0.1) is 41.8 Å². The number of hydrogen-bond acceptors (Lipinski definition) is 4. The van der Waals surface area contributed by atoms with Crippen molar-refractivity contribution >= 4 is 11.9 Å². The van der Waals surface area contributed by atoms with Gasteiger partial charge in [-0.15, -0.1) is 0 Å². The third kappa shape index (κ3) is 3.88. The molecule has 1 aromatic carbocycles. The molecule has 0 saturated heterocycles. The van der Waals surface area contributed by atoms with E-state index < -0.39 is 11.8 Å². The van der Waals surface area contributed by atoms with E-state index in [-0.39, 0.29) is 30.0 Å². The SMILES string of the molecule is Cc1ccc(C(=O)OCC(=O)N(CCC#N)C23CC4CC(CC(C4)C2)C3)cc1F. The molecule has 0 atom stereocenters. The molecule has 1 aromatic rings. The van der Waals surface area contributed by atoms with Crippen LogP contribution in [0.1, 0.15) is 60.9 Å². The quantitative estimate of drug-likeness (QED) is 0.679. The van der Waals surface area contributed by atoms with Gasteiger partial charge < -0.3 is 9.64 Å². The monoisotopic (exact) mass is 398 g/mol. The first-order valence-corrected chi connectivity index (χ1v) is 10.5. The molecule has 154 valence electrons. The Labute approximate surface area is 170 Å². The standard InChI is InChI=1S/C23H27FN2O3/c1-15-3-4-19(10-20(15)24)22(28)29-14-21(27)26(6-2-5-25)23-11-16-7-17(12-23)9-18(8-16)13-23/h3-4,10,16-18H,2,6-9,11-14H2,1H3. The number of nitrogens with zero attached hydrogens (tertiary/aromatic N) is 2. The number of rotatable bonds is 6. The second-order valence-electron chi connectivity index (χ2n) is 9.14. The molecule has 0 unspecified atom stereocenters. The highest BCUT2D eigenvalue weighted by Crippen LogP contribution is 2.57. The van der Waals surface area contributed by atoms with Crippen molar-refractivity contribution in [3.05, 3.63) is 35.1 Å². The number of carbonyl (C=O) groups excluding carboxylic acids is 2. The van der Waals surface area contributed by atoms with Gasteiger partial charge in [0.2, 0.25) is 0 Å². The van der Waals surface area contributed by atoms with Gasteiger partial charge in [0.1, 0.15) is 5.82 Å². The average molecular weight is 398 g/mol. The topological polar surface area (TPSA) is 70.4 Å². The Morgan fingerprint density at radius 3 is 2.38 bits per heavy atom. The lowest BCUT2D eigenvalue weighted by Gasteiger charge is -2.60. The second-order valence-corrected chi connectivity index (χ2v) is 9.14. The zero-order chi connectivity index (χ0) is 20.6. The molecule has 4 aliphatic carbocycles. The summed E-state index contributed by atoms with van der Waals surface area (Å²) in [6, 6.07) is 6.29. The Morgan fingerprint density at radius 1 is 1.21 bits per heavy atom. The number of carbonyl (C=O) groups is 2. The van der Waals surface area contributed by atoms with Crippen LogP contribution in [0.3, 0.4) is 0 Å². The van der Waals surface area contributed by atoms with Crippen LogP contribution in [0.5, 0.6) is 0 Å². The summed E-state index contributed by atoms with van der Waals surface area (Å²) in [5.41, 5.74) is 0.354. The van der Waals surface area contributed by atoms with E-state index in [0.717, 1.165) is 25.3 Å². The zero-order valence-electron chi connectivity index (χ0n) is 16.8. The lowest BCUT2D eigenvalue weighted by Crippen LogP contribution is -2.62. The molecule has 0 spiro atoms. The van der Waals surface area contributed by atoms with Crippen LogP contribution in [0.4, 0.5) is 4.39 Å². The molecule has 0 aliphatic heterocycles. The lowest BCUT2D eigenvalue weighted by atomic mass is 9.52. The Morgan fingerprint density at radius 2 is 1.83 bits per heavy atom. The molecule has 6 heteroatoms. The van der Waals surface area contributed by atoms with Crippen LogP contribution < -0.4 is 0 Å². The normalized spacial score (nSPS) is 29.3. The van der Waals surface area contributed by atoms with Gasteiger partial charge in [0, 0.05) is 12.1 Å². The van der Waals surface area contributed by atoms with Gasteiger partial charge in [-0.2, -0.15) is 5.26 Å². The smallest absolute Gasteiger partial charge is 0.338 e. The van der Waals surface area contributed by atoms with E-state index in [1.54, 1.807) is 6.92 Å². The summed E-state index contributed by atoms with van der Waals surface area (Å²) in [6.07, 6.45) is 7.02. The summed E-state index contributed by atoms with van der Waals surface area (Å²) in [5.74, 6) is 0.561. The van der Waals surface area contributed by atoms with Gasteiger partial charge in [0.15, 0.2) is 6.61 Å². The molecule has 0 radical (unpaired) electrons. The minimum Gasteiger partial charge on any atom is -0.452 e. The van der Waals surface area contributed by atoms with E-state index >= 15 is 0 Å². The van der Waals surface area contributed by atoms with Gasteiger partial charge in [-0.25, -0.2) is 9.18 Å². The largest absolute Gasteiger partial charge is 0.452 e. The molecule has 5 rings (SSSR count). The molecule has 4 aliphatic rings. The van der Waals surface area contributed by atoms with Crippen LogP contribution in [0.25, 0.3) is 0 Å². The fraction of sp³-hybridized carbons (Fsp3) is 0.609. The Bertz CT molecular complexity index is 825. The molecule has 29 heavy (non-hydrogen) atoms. The summed E-state index contributed by atoms with van der Waals surface area (Å²) in [7, 11) is 0. The van der Waals surface area contributed by atoms with Crippen molar-refractivity contribution in [1.29, 1.82) is 5.26 Å². The van der Waals surface area contributed by atoms with Gasteiger partial charge in [-0.1, -0.05) is 6.07 Å². The zero-order valence-corrected chi connectivity index (χ0v) is 16.8. The van der Waals surface area contributed by atoms with Gasteiger partial charge in [0.05, 0.1) is 18.1 Å². The number of amides is 1. The van der Waals surface area contributed by atoms with E-state index in [9.17, 15) is 14.0 Å². The fourth-order valence-electron chi connectivity index (χ4n) is 6.19. The fourth-order valence-corrected chi connectivity index (χ4v) is 6.19. The maximum atomic E-state index is 13.7. The maximum Gasteiger partial charge on any atom is 0.338 e. The summed E-state index contributed by atoms with van der Waals surface area (Å²) < 4.78 is 18.9. The third-order valence-corrected chi connectivity index (χ3v) is 7.06. The van der Waals surface area contributed by atoms with E-state index in [0.29, 0.717) is 29.9 Å². The molecule has 1 amide bonds. The molecule has 4 bridgehead atoms. The molecule has 0 aromatic heterocycles. The third-order valence-electron chi connectivity index (χ3n) is 7.06. The van der Waals surface area contributed by atoms with Crippen LogP contribution in [-0.4, -0.2) is 35.5 Å². The number of nitriles is 1. The summed E-state index contributed by atoms with van der Waals surface area (Å²) in [5, 5.41) is 9.09. The molecule has 4 fully saturated rings. The predicted octanol–water partition coefficient (Wildman–Crippen LogP) is 4.00. The van der Waals surface area contributed by atoms with Crippen molar-refractivity contribution in [1.82, 2.24) is 4.90 Å². The summed E-state index contributed by atoms with van der Waals surface area (Å²) in [4.78, 5) is 27.2. The number of hydrogen-bond donors (Lipinski definition) is 0. The van der Waals surface area contributed by atoms with Crippen molar-refractivity contribution in [2.45, 2.75) is 57.4 Å². The first-order valence-electron chi connectivity index (χ1n) is 10.5. The van der Waals surface area contributed by atoms with Crippen LogP contribution >= 0.6 is 0 Å². The van der Waals surface area contributed by atoms with Gasteiger partial charge in [-0.3, -0.25) is 4.79 Å². The van der Waals surface area contributed by atoms with Crippen molar-refractivity contribution < 1.29 is 18.7 Å². The summed E-state index contributed by atoms with van der Waals surface area (Å²) >= 11 is 0. The van der Waals surface area contributed by atoms with E-state index in [2.05, 4.69) is 6.07 Å². The van der Waals surface area contributed by atoms with Gasteiger partial charge in [0.25, 0.3) is 5.91 Å². The van der Waals surface area contributed by atoms with Crippen molar-refractivity contribution in [2.75, 3.05) is 13.2 Å². The van der Waals surface area contributed by atoms with Crippen LogP contribution in [-0.2, 0) is 9.53 Å². The minimum atomic E-state index is -0.706. The van der Waals surface area contributed by atoms with Crippen molar-refractivity contribution in [3.8, 4) is 6.07 Å². The predicted molar refractivity (Wildman–Crippen MR) is 104 cm³/mol. The molecular weight excluding hydrogens is 371 g/mol. The van der Waals surface area contributed by atoms with E-state index in [4.69, 9.17) is 10.00 Å². The molecule has 0 N–H and O–H groups in total. The molecule has 5 nitrogen and oxygen atoms in total. The van der Waals surface area contributed by atoms with E-state index in [1.807, 2.05) is 4.90 Å². The number of esters is 1. The minimum absolute atomic E-state index is 0.0966. The highest BCUT2D eigenvalue weighted by molar-refractivity contribution is 5.91. The highest BCUT2D eigenvalue weighted by Gasteiger charge is 2.54. The van der Waals surface area contributed by atoms with Gasteiger partial charge >= 0.3 is 5.97 Å². The number of halogens is 1. The molecule has 4 saturated carbocycles. The average Bonchev–Trinajstić information content (AvgIpc) is 2.67. The van der Waals surface area contributed by atoms with Crippen molar-refractivity contribution in [2.24, 2.45) is 17.8 Å². The first-order chi connectivity index (χ1) is 13.9. The Balaban J connectivity index is 1.46. The number of aryl methyl sites for hydroxylation is 1. The molecular formula is C23H27FN2O3. The van der Waals surface area contributed by atoms with Crippen LogP contribution in [0.2, 0.25) is 0 Å². The van der Waals surface area contributed by atoms with Crippen molar-refractivity contribution in [3.63, 3.8) is 0 Å². The van der Waals surface area contributed by atoms with Gasteiger partial charge in [-0.05, 0) is 80.9 Å². The van der Waals surface area contributed by atoms with Crippen LogP contribution in [0.15, 0.2) is 18.2 Å². The number of benzene rings is 1. The second kappa shape index (κ2) is 7.78. The molecule has 0 heterocycles. The first kappa shape index (κ1) is 19.9.